The van der Waals surface area contributed by atoms with Gasteiger partial charge in [0.15, 0.2) is 0 Å². The lowest BCUT2D eigenvalue weighted by molar-refractivity contribution is 0.649. The third-order valence-corrected chi connectivity index (χ3v) is 18.3. The summed E-state index contributed by atoms with van der Waals surface area (Å²) in [5.74, 6) is 13.1. The minimum Gasteiger partial charge on any atom is -0.338 e. The molecule has 0 bridgehead atoms. The predicted octanol–water partition coefficient (Wildman–Crippen LogP) is 15.7. The van der Waals surface area contributed by atoms with Crippen LogP contribution in [0.15, 0.2) is 31.0 Å². The van der Waals surface area contributed by atoms with Gasteiger partial charge in [-0.25, -0.2) is 44.9 Å². The highest BCUT2D eigenvalue weighted by Gasteiger charge is 2.23. The zero-order chi connectivity index (χ0) is 68.3. The van der Waals surface area contributed by atoms with Gasteiger partial charge in [0.05, 0.1) is 39.9 Å². The molecule has 500 valence electrons. The average Bonchev–Trinajstić information content (AvgIpc) is 1.94. The van der Waals surface area contributed by atoms with Gasteiger partial charge in [-0.1, -0.05) is 67.2 Å². The Morgan fingerprint density at radius 3 is 0.922 bits per heavy atom. The monoisotopic (exact) mass is 1240 g/mol. The van der Waals surface area contributed by atoms with Gasteiger partial charge in [-0.3, -0.25) is 0 Å². The second-order valence-corrected chi connectivity index (χ2v) is 26.1. The van der Waals surface area contributed by atoms with Crippen molar-refractivity contribution in [1.29, 1.82) is 0 Å². The van der Waals surface area contributed by atoms with Crippen molar-refractivity contribution in [2.75, 3.05) is 0 Å². The standard InChI is InChI=1S/C11H18N2.C10H16N2.C9H16N2.2C8H14N2.2C7H12N2.2C6H10N2/c1-8-11(10-6-4-5-7-10)12-9(2)13(8)3;1-8-11-7-10(12(8)2)9-5-3-4-6-9;1-6(2)9-7(3)11(5)8(4)10-9;1-6(2)8-5-10(4)7(3)9-8;1-6(2)8-5-9-7(3)10(8)4;2*1-5-6(2)9(4)7(3)8-5;2*1-5-4-8(3)6(2)7-5/h10H,4-7H2,1-3H3;7,9H,3-6H2,1-2H3;6H,1-5H3;2*5-6H,1-4H3;2*1-4H3;2*4H,1-3H3. The van der Waals surface area contributed by atoms with Crippen LogP contribution >= 0.6 is 0 Å². The summed E-state index contributed by atoms with van der Waals surface area (Å²) < 4.78 is 19.0. The van der Waals surface area contributed by atoms with Crippen LogP contribution in [0.4, 0.5) is 0 Å². The van der Waals surface area contributed by atoms with Gasteiger partial charge in [0.1, 0.15) is 52.4 Å². The van der Waals surface area contributed by atoms with E-state index in [2.05, 4.69) is 194 Å². The summed E-state index contributed by atoms with van der Waals surface area (Å²) in [5.41, 5.74) is 16.1. The van der Waals surface area contributed by atoms with Crippen molar-refractivity contribution in [3.8, 4) is 0 Å². The summed E-state index contributed by atoms with van der Waals surface area (Å²) in [6.45, 7) is 47.8. The first-order valence-corrected chi connectivity index (χ1v) is 32.7. The Kier molecular flexibility index (Phi) is 30.4. The van der Waals surface area contributed by atoms with Crippen molar-refractivity contribution in [2.24, 2.45) is 63.4 Å². The molecule has 0 aromatic carbocycles. The van der Waals surface area contributed by atoms with Crippen molar-refractivity contribution in [3.63, 3.8) is 0 Å². The molecule has 0 aliphatic heterocycles. The quantitative estimate of drug-likeness (QED) is 0.163. The van der Waals surface area contributed by atoms with Gasteiger partial charge in [-0.15, -0.1) is 0 Å². The van der Waals surface area contributed by atoms with E-state index < -0.39 is 0 Å². The van der Waals surface area contributed by atoms with Crippen LogP contribution in [0.25, 0.3) is 0 Å². The molecule has 0 atom stereocenters. The Morgan fingerprint density at radius 1 is 0.333 bits per heavy atom. The smallest absolute Gasteiger partial charge is 0.105 e. The van der Waals surface area contributed by atoms with Crippen LogP contribution in [0.2, 0.25) is 0 Å². The highest BCUT2D eigenvalue weighted by Crippen LogP contribution is 2.35. The fourth-order valence-corrected chi connectivity index (χ4v) is 10.9. The molecule has 0 spiro atoms. The fraction of sp³-hybridized carbons (Fsp3) is 0.625. The molecule has 18 heteroatoms. The molecule has 18 nitrogen and oxygen atoms in total. The Labute approximate surface area is 544 Å². The number of hydrogen-bond acceptors (Lipinski definition) is 9. The molecule has 2 saturated carbocycles. The number of rotatable bonds is 5. The number of aromatic nitrogens is 18. The summed E-state index contributed by atoms with van der Waals surface area (Å²) in [6.07, 6.45) is 21.1. The van der Waals surface area contributed by atoms with Crippen molar-refractivity contribution < 1.29 is 0 Å². The van der Waals surface area contributed by atoms with E-state index in [4.69, 9.17) is 0 Å². The first-order chi connectivity index (χ1) is 41.9. The predicted molar refractivity (Wildman–Crippen MR) is 374 cm³/mol. The molecule has 90 heavy (non-hydrogen) atoms. The summed E-state index contributed by atoms with van der Waals surface area (Å²) in [6, 6.07) is 0. The molecule has 0 saturated heterocycles. The molecule has 0 amide bonds. The molecule has 0 radical (unpaired) electrons. The second-order valence-electron chi connectivity index (χ2n) is 26.1. The number of imidazole rings is 9. The highest BCUT2D eigenvalue weighted by atomic mass is 15.1. The molecule has 0 N–H and O–H groups in total. The van der Waals surface area contributed by atoms with Gasteiger partial charge in [-0.2, -0.15) is 0 Å². The van der Waals surface area contributed by atoms with E-state index in [-0.39, 0.29) is 0 Å². The van der Waals surface area contributed by atoms with Crippen LogP contribution in [0, 0.1) is 118 Å². The average molecular weight is 1240 g/mol. The summed E-state index contributed by atoms with van der Waals surface area (Å²) in [7, 11) is 18.4. The maximum absolute atomic E-state index is 4.65. The van der Waals surface area contributed by atoms with Gasteiger partial charge < -0.3 is 41.1 Å². The first kappa shape index (κ1) is 77.1. The van der Waals surface area contributed by atoms with Gasteiger partial charge in [0.25, 0.3) is 0 Å². The molecule has 2 aliphatic rings. The van der Waals surface area contributed by atoms with Crippen molar-refractivity contribution >= 4 is 0 Å². The molecule has 11 rings (SSSR count). The van der Waals surface area contributed by atoms with Gasteiger partial charge in [0.2, 0.25) is 0 Å². The van der Waals surface area contributed by atoms with Crippen LogP contribution in [-0.4, -0.2) is 86.0 Å². The van der Waals surface area contributed by atoms with E-state index >= 15 is 0 Å². The molecule has 9 aromatic heterocycles. The van der Waals surface area contributed by atoms with Crippen molar-refractivity contribution in [1.82, 2.24) is 86.0 Å². The molecular weight excluding hydrogens is 1120 g/mol. The largest absolute Gasteiger partial charge is 0.338 e. The topological polar surface area (TPSA) is 160 Å². The van der Waals surface area contributed by atoms with Gasteiger partial charge in [0, 0.05) is 140 Å². The normalized spacial score (nSPS) is 12.7. The van der Waals surface area contributed by atoms with E-state index in [1.54, 1.807) is 0 Å². The van der Waals surface area contributed by atoms with Crippen molar-refractivity contribution in [3.05, 3.63) is 157 Å². The van der Waals surface area contributed by atoms with Crippen LogP contribution < -0.4 is 0 Å². The molecule has 0 unspecified atom stereocenters. The van der Waals surface area contributed by atoms with E-state index in [1.807, 2.05) is 145 Å². The minimum absolute atomic E-state index is 0.537. The molecule has 9 heterocycles. The van der Waals surface area contributed by atoms with Gasteiger partial charge >= 0.3 is 0 Å². The number of aryl methyl sites for hydroxylation is 16. The summed E-state index contributed by atoms with van der Waals surface area (Å²) >= 11 is 0. The number of nitrogens with zero attached hydrogens (tertiary/aromatic N) is 18. The Morgan fingerprint density at radius 2 is 0.711 bits per heavy atom. The fourth-order valence-electron chi connectivity index (χ4n) is 10.9. The molecular formula is C72H122N18. The Balaban J connectivity index is 0.000000266. The van der Waals surface area contributed by atoms with E-state index in [0.29, 0.717) is 17.8 Å². The van der Waals surface area contributed by atoms with E-state index in [1.165, 1.54) is 103 Å². The zero-order valence-corrected chi connectivity index (χ0v) is 62.5. The third kappa shape index (κ3) is 22.1. The maximum atomic E-state index is 4.65. The second kappa shape index (κ2) is 35.5. The van der Waals surface area contributed by atoms with Crippen LogP contribution in [0.3, 0.4) is 0 Å². The highest BCUT2D eigenvalue weighted by molar-refractivity contribution is 5.21. The lowest BCUT2D eigenvalue weighted by atomic mass is 10.0. The first-order valence-electron chi connectivity index (χ1n) is 32.7. The summed E-state index contributed by atoms with van der Waals surface area (Å²) in [4.78, 5) is 38.9. The van der Waals surface area contributed by atoms with E-state index in [0.717, 1.165) is 87.0 Å². The molecule has 2 aliphatic carbocycles. The lowest BCUT2D eigenvalue weighted by Gasteiger charge is -2.09. The van der Waals surface area contributed by atoms with Crippen molar-refractivity contribution in [2.45, 2.75) is 240 Å². The lowest BCUT2D eigenvalue weighted by Crippen LogP contribution is -2.02. The van der Waals surface area contributed by atoms with Crippen LogP contribution in [0.5, 0.6) is 0 Å². The molecule has 9 aromatic rings. The zero-order valence-electron chi connectivity index (χ0n) is 62.5. The SMILES string of the molecule is Cc1cn(C)c(C)n1.Cc1cn(C)c(C)n1.Cc1nc(C(C)C)c(C)n1C.Cc1nc(C(C)C)cn1C.Cc1nc(C)n(C)c1C.Cc1nc(C)n(C)c1C.Cc1nc(C2CCCC2)c(C)n1C.Cc1ncc(C(C)C)n1C.Cc1ncc(C2CCCC2)n1C. The summed E-state index contributed by atoms with van der Waals surface area (Å²) in [5, 5.41) is 0. The van der Waals surface area contributed by atoms with Gasteiger partial charge in [-0.05, 0) is 161 Å². The Hall–Kier alpha value is -7.11. The van der Waals surface area contributed by atoms with E-state index in [9.17, 15) is 0 Å². The van der Waals surface area contributed by atoms with Crippen LogP contribution in [-0.2, 0) is 63.4 Å². The number of hydrogen-bond donors (Lipinski definition) is 0. The third-order valence-electron chi connectivity index (χ3n) is 18.3. The maximum Gasteiger partial charge on any atom is 0.105 e. The Bertz CT molecular complexity index is 3390. The minimum atomic E-state index is 0.537. The van der Waals surface area contributed by atoms with Crippen LogP contribution in [0.1, 0.15) is 249 Å². The molecule has 2 fully saturated rings.